The van der Waals surface area contributed by atoms with E-state index in [9.17, 15) is 0 Å². The summed E-state index contributed by atoms with van der Waals surface area (Å²) in [5.74, 6) is 2.05. The molecule has 0 aliphatic rings. The Labute approximate surface area is 55.3 Å². The van der Waals surface area contributed by atoms with Crippen molar-refractivity contribution in [3.63, 3.8) is 0 Å². The van der Waals surface area contributed by atoms with E-state index in [0.717, 1.165) is 11.5 Å². The standard InChI is InChI=1S/C6H13NS/c1-3-4-8-5-6(2)7/h3,6H,1,4-5,7H2,2H3/t6-/m1/s1. The molecule has 0 radical (unpaired) electrons. The molecule has 0 bridgehead atoms. The van der Waals surface area contributed by atoms with Gasteiger partial charge < -0.3 is 5.73 Å². The molecule has 8 heavy (non-hydrogen) atoms. The molecule has 0 rings (SSSR count). The predicted octanol–water partition coefficient (Wildman–Crippen LogP) is 1.25. The third kappa shape index (κ3) is 6.05. The van der Waals surface area contributed by atoms with E-state index >= 15 is 0 Å². The molecule has 0 aliphatic carbocycles. The second kappa shape index (κ2) is 5.19. The molecule has 0 aliphatic heterocycles. The van der Waals surface area contributed by atoms with E-state index in [1.165, 1.54) is 0 Å². The van der Waals surface area contributed by atoms with Crippen LogP contribution in [0.15, 0.2) is 12.7 Å². The van der Waals surface area contributed by atoms with Gasteiger partial charge in [0.1, 0.15) is 0 Å². The Morgan fingerprint density at radius 2 is 2.50 bits per heavy atom. The van der Waals surface area contributed by atoms with Crippen LogP contribution in [0.25, 0.3) is 0 Å². The molecule has 2 heteroatoms. The van der Waals surface area contributed by atoms with Crippen molar-refractivity contribution in [3.05, 3.63) is 12.7 Å². The van der Waals surface area contributed by atoms with Gasteiger partial charge >= 0.3 is 0 Å². The third-order valence-corrected chi connectivity index (χ3v) is 1.85. The van der Waals surface area contributed by atoms with Gasteiger partial charge in [-0.1, -0.05) is 6.08 Å². The van der Waals surface area contributed by atoms with Gasteiger partial charge in [-0.3, -0.25) is 0 Å². The van der Waals surface area contributed by atoms with Crippen LogP contribution in [0.4, 0.5) is 0 Å². The van der Waals surface area contributed by atoms with Crippen LogP contribution in [0.3, 0.4) is 0 Å². The minimum absolute atomic E-state index is 0.319. The molecule has 0 heterocycles. The van der Waals surface area contributed by atoms with E-state index in [2.05, 4.69) is 6.58 Å². The van der Waals surface area contributed by atoms with Crippen molar-refractivity contribution in [1.29, 1.82) is 0 Å². The predicted molar refractivity (Wildman–Crippen MR) is 41.2 cm³/mol. The fourth-order valence-electron chi connectivity index (χ4n) is 0.337. The average molecular weight is 131 g/mol. The normalized spacial score (nSPS) is 13.2. The molecule has 0 saturated heterocycles. The summed E-state index contributed by atoms with van der Waals surface area (Å²) in [6.07, 6.45) is 1.90. The van der Waals surface area contributed by atoms with E-state index in [1.54, 1.807) is 0 Å². The van der Waals surface area contributed by atoms with E-state index in [4.69, 9.17) is 5.73 Å². The highest BCUT2D eigenvalue weighted by molar-refractivity contribution is 7.99. The minimum Gasteiger partial charge on any atom is -0.327 e. The number of hydrogen-bond donors (Lipinski definition) is 1. The van der Waals surface area contributed by atoms with Crippen LogP contribution in [0, 0.1) is 0 Å². The van der Waals surface area contributed by atoms with E-state index in [1.807, 2.05) is 24.8 Å². The smallest absolute Gasteiger partial charge is 0.0111 e. The molecule has 48 valence electrons. The fraction of sp³-hybridized carbons (Fsp3) is 0.667. The molecule has 0 saturated carbocycles. The molecule has 0 unspecified atom stereocenters. The highest BCUT2D eigenvalue weighted by atomic mass is 32.2. The first kappa shape index (κ1) is 8.05. The molecular weight excluding hydrogens is 118 g/mol. The van der Waals surface area contributed by atoms with Crippen LogP contribution in [0.5, 0.6) is 0 Å². The summed E-state index contributed by atoms with van der Waals surface area (Å²) in [4.78, 5) is 0. The van der Waals surface area contributed by atoms with Crippen LogP contribution in [-0.2, 0) is 0 Å². The minimum atomic E-state index is 0.319. The summed E-state index contributed by atoms with van der Waals surface area (Å²) in [6, 6.07) is 0.319. The Balaban J connectivity index is 2.81. The van der Waals surface area contributed by atoms with Crippen molar-refractivity contribution in [2.24, 2.45) is 5.73 Å². The summed E-state index contributed by atoms with van der Waals surface area (Å²) < 4.78 is 0. The lowest BCUT2D eigenvalue weighted by Gasteiger charge is -2.00. The van der Waals surface area contributed by atoms with E-state index < -0.39 is 0 Å². The molecule has 0 aromatic rings. The molecule has 2 N–H and O–H groups in total. The zero-order chi connectivity index (χ0) is 6.41. The lowest BCUT2D eigenvalue weighted by molar-refractivity contribution is 0.848. The Kier molecular flexibility index (Phi) is 5.22. The average Bonchev–Trinajstić information content (AvgIpc) is 1.66. The maximum Gasteiger partial charge on any atom is 0.0111 e. The highest BCUT2D eigenvalue weighted by Gasteiger charge is 1.89. The summed E-state index contributed by atoms with van der Waals surface area (Å²) >= 11 is 1.82. The van der Waals surface area contributed by atoms with Gasteiger partial charge in [-0.25, -0.2) is 0 Å². The second-order valence-electron chi connectivity index (χ2n) is 1.80. The first-order valence-corrected chi connectivity index (χ1v) is 3.87. The quantitative estimate of drug-likeness (QED) is 0.459. The molecule has 1 nitrogen and oxygen atoms in total. The number of hydrogen-bond acceptors (Lipinski definition) is 2. The van der Waals surface area contributed by atoms with Crippen molar-refractivity contribution in [2.45, 2.75) is 13.0 Å². The Morgan fingerprint density at radius 3 is 2.88 bits per heavy atom. The van der Waals surface area contributed by atoms with Crippen molar-refractivity contribution in [3.8, 4) is 0 Å². The maximum absolute atomic E-state index is 5.48. The van der Waals surface area contributed by atoms with Gasteiger partial charge in [0.15, 0.2) is 0 Å². The molecule has 0 aromatic heterocycles. The summed E-state index contributed by atoms with van der Waals surface area (Å²) in [5.41, 5.74) is 5.48. The lowest BCUT2D eigenvalue weighted by atomic mass is 10.4. The van der Waals surface area contributed by atoms with Gasteiger partial charge in [0.05, 0.1) is 0 Å². The largest absolute Gasteiger partial charge is 0.327 e. The second-order valence-corrected chi connectivity index (χ2v) is 2.88. The van der Waals surface area contributed by atoms with Gasteiger partial charge in [-0.05, 0) is 6.92 Å². The lowest BCUT2D eigenvalue weighted by Crippen LogP contribution is -2.17. The first-order chi connectivity index (χ1) is 3.77. The number of thioether (sulfide) groups is 1. The maximum atomic E-state index is 5.48. The van der Waals surface area contributed by atoms with Gasteiger partial charge in [0.2, 0.25) is 0 Å². The van der Waals surface area contributed by atoms with Crippen molar-refractivity contribution < 1.29 is 0 Å². The van der Waals surface area contributed by atoms with Gasteiger partial charge in [0.25, 0.3) is 0 Å². The fourth-order valence-corrected chi connectivity index (χ4v) is 1.01. The molecule has 1 atom stereocenters. The molecule has 0 amide bonds. The highest BCUT2D eigenvalue weighted by Crippen LogP contribution is 1.99. The van der Waals surface area contributed by atoms with Crippen molar-refractivity contribution in [1.82, 2.24) is 0 Å². The van der Waals surface area contributed by atoms with Gasteiger partial charge in [-0.2, -0.15) is 11.8 Å². The molecule has 0 fully saturated rings. The van der Waals surface area contributed by atoms with Crippen LogP contribution in [0.1, 0.15) is 6.92 Å². The van der Waals surface area contributed by atoms with Gasteiger partial charge in [0, 0.05) is 17.5 Å². The van der Waals surface area contributed by atoms with Crippen LogP contribution < -0.4 is 5.73 Å². The van der Waals surface area contributed by atoms with Crippen LogP contribution >= 0.6 is 11.8 Å². The summed E-state index contributed by atoms with van der Waals surface area (Å²) in [7, 11) is 0. The third-order valence-electron chi connectivity index (χ3n) is 0.616. The topological polar surface area (TPSA) is 26.0 Å². The number of nitrogens with two attached hydrogens (primary N) is 1. The zero-order valence-corrected chi connectivity index (χ0v) is 6.08. The van der Waals surface area contributed by atoms with Crippen LogP contribution in [0.2, 0.25) is 0 Å². The monoisotopic (exact) mass is 131 g/mol. The SMILES string of the molecule is C=CCSC[C@@H](C)N. The molecular formula is C6H13NS. The van der Waals surface area contributed by atoms with E-state index in [0.29, 0.717) is 6.04 Å². The Morgan fingerprint density at radius 1 is 1.88 bits per heavy atom. The van der Waals surface area contributed by atoms with Crippen LogP contribution in [-0.4, -0.2) is 17.5 Å². The van der Waals surface area contributed by atoms with Gasteiger partial charge in [-0.15, -0.1) is 6.58 Å². The zero-order valence-electron chi connectivity index (χ0n) is 5.26. The Bertz CT molecular complexity index is 61.5. The van der Waals surface area contributed by atoms with Crippen molar-refractivity contribution in [2.75, 3.05) is 11.5 Å². The summed E-state index contributed by atoms with van der Waals surface area (Å²) in [6.45, 7) is 5.61. The molecule has 0 aromatic carbocycles. The van der Waals surface area contributed by atoms with Crippen molar-refractivity contribution >= 4 is 11.8 Å². The molecule has 0 spiro atoms. The first-order valence-electron chi connectivity index (χ1n) is 2.71. The Hall–Kier alpha value is 0.0500. The summed E-state index contributed by atoms with van der Waals surface area (Å²) in [5, 5.41) is 0. The number of rotatable bonds is 4. The van der Waals surface area contributed by atoms with E-state index in [-0.39, 0.29) is 0 Å².